The van der Waals surface area contributed by atoms with Crippen LogP contribution in [-0.2, 0) is 0 Å². The predicted octanol–water partition coefficient (Wildman–Crippen LogP) is 2.71. The lowest BCUT2D eigenvalue weighted by molar-refractivity contribution is 0.541. The van der Waals surface area contributed by atoms with Crippen LogP contribution in [0.25, 0.3) is 0 Å². The van der Waals surface area contributed by atoms with Gasteiger partial charge in [-0.25, -0.2) is 0 Å². The number of nitrogens with one attached hydrogen (secondary N) is 1. The smallest absolute Gasteiger partial charge is 0.0420 e. The van der Waals surface area contributed by atoms with Crippen molar-refractivity contribution in [1.82, 2.24) is 5.32 Å². The van der Waals surface area contributed by atoms with Gasteiger partial charge in [0.15, 0.2) is 0 Å². The summed E-state index contributed by atoms with van der Waals surface area (Å²) >= 11 is 5.15. The Labute approximate surface area is 81.2 Å². The molecule has 1 unspecified atom stereocenters. The zero-order valence-corrected chi connectivity index (χ0v) is 9.29. The quantitative estimate of drug-likeness (QED) is 0.522. The van der Waals surface area contributed by atoms with E-state index in [0.717, 1.165) is 11.3 Å². The molecule has 2 heteroatoms. The lowest BCUT2D eigenvalue weighted by atomic mass is 10.1. The van der Waals surface area contributed by atoms with Crippen molar-refractivity contribution in [2.45, 2.75) is 46.2 Å². The molecule has 0 aliphatic rings. The fraction of sp³-hybridized carbons (Fsp3) is 0.700. The second-order valence-corrected chi connectivity index (χ2v) is 4.29. The molecule has 0 bridgehead atoms. The fourth-order valence-corrected chi connectivity index (χ4v) is 1.22. The molecule has 0 radical (unpaired) electrons. The minimum absolute atomic E-state index is 0.317. The van der Waals surface area contributed by atoms with E-state index in [-0.39, 0.29) is 0 Å². The molecule has 0 heterocycles. The molecule has 0 aromatic carbocycles. The molecule has 1 atom stereocenters. The molecule has 0 aliphatic heterocycles. The molecule has 0 saturated heterocycles. The molecule has 1 nitrogen and oxygen atoms in total. The maximum absolute atomic E-state index is 5.15. The normalized spacial score (nSPS) is 13.1. The SMILES string of the molecule is C=C(C)CC(NC(C)C)C(C)=S. The molecule has 70 valence electrons. The van der Waals surface area contributed by atoms with Crippen LogP contribution in [-0.4, -0.2) is 16.9 Å². The third kappa shape index (κ3) is 5.44. The minimum atomic E-state index is 0.317. The number of rotatable bonds is 5. The van der Waals surface area contributed by atoms with Crippen LogP contribution in [0.1, 0.15) is 34.1 Å². The Balaban J connectivity index is 4.04. The van der Waals surface area contributed by atoms with Gasteiger partial charge in [-0.1, -0.05) is 31.6 Å². The number of thiocarbonyl (C=S) groups is 1. The summed E-state index contributed by atoms with van der Waals surface area (Å²) in [5.74, 6) is 0. The van der Waals surface area contributed by atoms with Crippen LogP contribution in [0.2, 0.25) is 0 Å². The second kappa shape index (κ2) is 5.44. The van der Waals surface area contributed by atoms with Gasteiger partial charge in [0.25, 0.3) is 0 Å². The van der Waals surface area contributed by atoms with Crippen LogP contribution in [0.4, 0.5) is 0 Å². The summed E-state index contributed by atoms with van der Waals surface area (Å²) in [6.45, 7) is 12.2. The Bertz CT molecular complexity index is 173. The maximum Gasteiger partial charge on any atom is 0.0420 e. The van der Waals surface area contributed by atoms with Crippen LogP contribution in [0.5, 0.6) is 0 Å². The van der Waals surface area contributed by atoms with Gasteiger partial charge in [-0.15, -0.1) is 6.58 Å². The van der Waals surface area contributed by atoms with Crippen molar-refractivity contribution >= 4 is 17.1 Å². The zero-order valence-electron chi connectivity index (χ0n) is 8.48. The lowest BCUT2D eigenvalue weighted by Crippen LogP contribution is -2.39. The van der Waals surface area contributed by atoms with E-state index in [4.69, 9.17) is 12.2 Å². The first-order valence-electron chi connectivity index (χ1n) is 4.34. The maximum atomic E-state index is 5.15. The highest BCUT2D eigenvalue weighted by atomic mass is 32.1. The van der Waals surface area contributed by atoms with Crippen molar-refractivity contribution in [3.63, 3.8) is 0 Å². The van der Waals surface area contributed by atoms with Crippen molar-refractivity contribution in [3.05, 3.63) is 12.2 Å². The molecule has 0 fully saturated rings. The van der Waals surface area contributed by atoms with Gasteiger partial charge in [0.05, 0.1) is 0 Å². The Morgan fingerprint density at radius 3 is 2.17 bits per heavy atom. The average Bonchev–Trinajstić information content (AvgIpc) is 1.83. The van der Waals surface area contributed by atoms with E-state index < -0.39 is 0 Å². The summed E-state index contributed by atoms with van der Waals surface area (Å²) < 4.78 is 0. The predicted molar refractivity (Wildman–Crippen MR) is 59.8 cm³/mol. The van der Waals surface area contributed by atoms with Crippen molar-refractivity contribution in [2.24, 2.45) is 0 Å². The van der Waals surface area contributed by atoms with Gasteiger partial charge in [0, 0.05) is 16.9 Å². The third-order valence-corrected chi connectivity index (χ3v) is 1.86. The standard InChI is InChI=1S/C10H19NS/c1-7(2)6-10(9(5)12)11-8(3)4/h8,10-11H,1,6H2,2-5H3. The van der Waals surface area contributed by atoms with Crippen molar-refractivity contribution in [3.8, 4) is 0 Å². The van der Waals surface area contributed by atoms with Crippen LogP contribution in [0.15, 0.2) is 12.2 Å². The van der Waals surface area contributed by atoms with Gasteiger partial charge in [0.2, 0.25) is 0 Å². The first-order valence-corrected chi connectivity index (χ1v) is 4.75. The Morgan fingerprint density at radius 1 is 1.42 bits per heavy atom. The molecule has 0 spiro atoms. The van der Waals surface area contributed by atoms with Gasteiger partial charge in [-0.05, 0) is 20.3 Å². The molecule has 1 N–H and O–H groups in total. The number of hydrogen-bond acceptors (Lipinski definition) is 2. The summed E-state index contributed by atoms with van der Waals surface area (Å²) in [6.07, 6.45) is 0.952. The summed E-state index contributed by atoms with van der Waals surface area (Å²) in [7, 11) is 0. The number of hydrogen-bond donors (Lipinski definition) is 1. The fourth-order valence-electron chi connectivity index (χ4n) is 1.07. The second-order valence-electron chi connectivity index (χ2n) is 3.65. The molecule has 0 rings (SSSR count). The van der Waals surface area contributed by atoms with Gasteiger partial charge >= 0.3 is 0 Å². The Kier molecular flexibility index (Phi) is 5.34. The zero-order chi connectivity index (χ0) is 9.72. The van der Waals surface area contributed by atoms with E-state index in [0.29, 0.717) is 12.1 Å². The molecule has 12 heavy (non-hydrogen) atoms. The molecule has 0 amide bonds. The van der Waals surface area contributed by atoms with Gasteiger partial charge in [-0.2, -0.15) is 0 Å². The lowest BCUT2D eigenvalue weighted by Gasteiger charge is -2.20. The van der Waals surface area contributed by atoms with E-state index in [1.54, 1.807) is 0 Å². The highest BCUT2D eigenvalue weighted by Crippen LogP contribution is 2.05. The van der Waals surface area contributed by atoms with Crippen molar-refractivity contribution in [1.29, 1.82) is 0 Å². The summed E-state index contributed by atoms with van der Waals surface area (Å²) in [4.78, 5) is 1.02. The summed E-state index contributed by atoms with van der Waals surface area (Å²) in [5, 5.41) is 3.41. The van der Waals surface area contributed by atoms with E-state index >= 15 is 0 Å². The molecule has 0 aromatic rings. The average molecular weight is 185 g/mol. The van der Waals surface area contributed by atoms with Crippen LogP contribution in [0.3, 0.4) is 0 Å². The molecule has 0 aromatic heterocycles. The summed E-state index contributed by atoms with van der Waals surface area (Å²) in [5.41, 5.74) is 1.18. The van der Waals surface area contributed by atoms with Gasteiger partial charge < -0.3 is 5.32 Å². The van der Waals surface area contributed by atoms with E-state index in [1.807, 2.05) is 13.8 Å². The molecule has 0 saturated carbocycles. The van der Waals surface area contributed by atoms with Crippen LogP contribution in [0, 0.1) is 0 Å². The highest BCUT2D eigenvalue weighted by molar-refractivity contribution is 7.80. The highest BCUT2D eigenvalue weighted by Gasteiger charge is 2.11. The third-order valence-electron chi connectivity index (χ3n) is 1.58. The van der Waals surface area contributed by atoms with E-state index in [1.165, 1.54) is 5.57 Å². The van der Waals surface area contributed by atoms with Crippen molar-refractivity contribution in [2.75, 3.05) is 0 Å². The Morgan fingerprint density at radius 2 is 1.92 bits per heavy atom. The van der Waals surface area contributed by atoms with Crippen molar-refractivity contribution < 1.29 is 0 Å². The Hall–Kier alpha value is -0.210. The molecular formula is C10H19NS. The summed E-state index contributed by atoms with van der Waals surface area (Å²) in [6, 6.07) is 0.796. The topological polar surface area (TPSA) is 12.0 Å². The monoisotopic (exact) mass is 185 g/mol. The van der Waals surface area contributed by atoms with Crippen LogP contribution < -0.4 is 5.32 Å². The van der Waals surface area contributed by atoms with Gasteiger partial charge in [-0.3, -0.25) is 0 Å². The van der Waals surface area contributed by atoms with E-state index in [2.05, 4.69) is 25.7 Å². The van der Waals surface area contributed by atoms with E-state index in [9.17, 15) is 0 Å². The molecular weight excluding hydrogens is 166 g/mol. The van der Waals surface area contributed by atoms with Gasteiger partial charge in [0.1, 0.15) is 0 Å². The van der Waals surface area contributed by atoms with Crippen LogP contribution >= 0.6 is 12.2 Å². The molecule has 0 aliphatic carbocycles. The first-order chi connectivity index (χ1) is 5.43. The first kappa shape index (κ1) is 11.8. The largest absolute Gasteiger partial charge is 0.307 e. The minimum Gasteiger partial charge on any atom is -0.307 e.